The number of nitrogens with zero attached hydrogens (tertiary/aromatic N) is 5. The predicted molar refractivity (Wildman–Crippen MR) is 122 cm³/mol. The molecule has 2 aromatic rings. The van der Waals surface area contributed by atoms with Gasteiger partial charge in [-0.1, -0.05) is 0 Å². The van der Waals surface area contributed by atoms with Crippen LogP contribution in [0.5, 0.6) is 11.5 Å². The molecule has 0 fully saturated rings. The van der Waals surface area contributed by atoms with Crippen LogP contribution in [0.2, 0.25) is 0 Å². The van der Waals surface area contributed by atoms with Crippen molar-refractivity contribution in [1.82, 2.24) is 0 Å². The molecule has 0 radical (unpaired) electrons. The molecule has 2 aromatic carbocycles. The number of rotatable bonds is 6. The molecule has 0 bridgehead atoms. The normalized spacial score (nSPS) is 11.2. The Kier molecular flexibility index (Phi) is 8.42. The van der Waals surface area contributed by atoms with Gasteiger partial charge < -0.3 is 19.5 Å². The lowest BCUT2D eigenvalue weighted by molar-refractivity contribution is 0.394. The summed E-state index contributed by atoms with van der Waals surface area (Å²) in [6.45, 7) is 0. The minimum absolute atomic E-state index is 0.243. The average Bonchev–Trinajstić information content (AvgIpc) is 2.68. The molecule has 0 spiro atoms. The molecular weight excluding hydrogens is 591 g/mol. The fourth-order valence-corrected chi connectivity index (χ4v) is 3.00. The van der Waals surface area contributed by atoms with Crippen LogP contribution in [0.1, 0.15) is 0 Å². The van der Waals surface area contributed by atoms with Crippen LogP contribution in [-0.2, 0) is 0 Å². The zero-order valence-electron chi connectivity index (χ0n) is 14.7. The van der Waals surface area contributed by atoms with Crippen molar-refractivity contribution in [2.24, 2.45) is 15.3 Å². The highest BCUT2D eigenvalue weighted by Gasteiger charge is 2.25. The van der Waals surface area contributed by atoms with E-state index in [1.54, 1.807) is 42.5 Å². The first-order chi connectivity index (χ1) is 13.4. The number of hydrazone groups is 1. The van der Waals surface area contributed by atoms with Crippen molar-refractivity contribution in [3.8, 4) is 17.6 Å². The maximum Gasteiger partial charge on any atom is 0.609 e. The van der Waals surface area contributed by atoms with Crippen molar-refractivity contribution in [2.75, 3.05) is 19.1 Å². The van der Waals surface area contributed by atoms with Crippen LogP contribution in [0.15, 0.2) is 51.7 Å². The smallest absolute Gasteiger partial charge is 0.495 e. The summed E-state index contributed by atoms with van der Waals surface area (Å²) in [5.41, 5.74) is 0.640. The van der Waals surface area contributed by atoms with Crippen molar-refractivity contribution >= 4 is 69.6 Å². The van der Waals surface area contributed by atoms with Gasteiger partial charge in [-0.2, -0.15) is 5.26 Å². The predicted octanol–water partition coefficient (Wildman–Crippen LogP) is 3.31. The number of nitriles is 1. The zero-order valence-corrected chi connectivity index (χ0v) is 19.1. The monoisotopic (exact) mass is 605 g/mol. The van der Waals surface area contributed by atoms with Crippen LogP contribution in [0.3, 0.4) is 0 Å². The van der Waals surface area contributed by atoms with Gasteiger partial charge in [0, 0.05) is 7.14 Å². The Morgan fingerprint density at radius 1 is 1.07 bits per heavy atom. The number of benzene rings is 2. The molecule has 2 N–H and O–H groups in total. The average molecular weight is 605 g/mol. The summed E-state index contributed by atoms with van der Waals surface area (Å²) in [6.07, 6.45) is 0. The van der Waals surface area contributed by atoms with Gasteiger partial charge in [-0.05, 0) is 81.6 Å². The fourth-order valence-electron chi connectivity index (χ4n) is 2.07. The third kappa shape index (κ3) is 5.77. The van der Waals surface area contributed by atoms with Crippen molar-refractivity contribution in [3.63, 3.8) is 0 Å². The molecule has 0 unspecified atom stereocenters. The van der Waals surface area contributed by atoms with Crippen LogP contribution < -0.4 is 14.4 Å². The maximum absolute atomic E-state index is 9.71. The standard InChI is InChI=1S/C16H14BI2N5O4/c1-27-14-7-10(18)3-5-12(14)21-22-16(9-20)23-24(17(25)26)13-6-4-11(19)8-15(13)28-2/h3-8,25-26H,1-2H3/b22-21?,23-16+. The molecule has 0 atom stereocenters. The molecule has 0 saturated carbocycles. The van der Waals surface area contributed by atoms with E-state index in [4.69, 9.17) is 9.47 Å². The minimum atomic E-state index is -2.03. The minimum Gasteiger partial charge on any atom is -0.495 e. The van der Waals surface area contributed by atoms with Gasteiger partial charge in [0.2, 0.25) is 0 Å². The largest absolute Gasteiger partial charge is 0.609 e. The van der Waals surface area contributed by atoms with Crippen LogP contribution in [0, 0.1) is 18.5 Å². The number of hydrogen-bond donors (Lipinski definition) is 2. The number of ether oxygens (including phenoxy) is 2. The Morgan fingerprint density at radius 3 is 2.25 bits per heavy atom. The van der Waals surface area contributed by atoms with Crippen molar-refractivity contribution in [2.45, 2.75) is 0 Å². The summed E-state index contributed by atoms with van der Waals surface area (Å²) in [7, 11) is 0.908. The van der Waals surface area contributed by atoms with Crippen LogP contribution >= 0.6 is 45.2 Å². The van der Waals surface area contributed by atoms with E-state index in [9.17, 15) is 15.3 Å². The number of azo groups is 1. The SMILES string of the molecule is COc1cc(I)ccc1N=N/C(C#N)=N/N(B(O)O)c1ccc(I)cc1OC. The molecule has 12 heteroatoms. The van der Waals surface area contributed by atoms with Gasteiger partial charge in [0.05, 0.1) is 19.9 Å². The molecule has 0 aliphatic carbocycles. The molecule has 0 aliphatic heterocycles. The van der Waals surface area contributed by atoms with E-state index in [-0.39, 0.29) is 5.69 Å². The lowest BCUT2D eigenvalue weighted by atomic mass is 10.1. The molecule has 9 nitrogen and oxygen atoms in total. The third-order valence-electron chi connectivity index (χ3n) is 3.30. The summed E-state index contributed by atoms with van der Waals surface area (Å²) >= 11 is 4.22. The Morgan fingerprint density at radius 2 is 1.68 bits per heavy atom. The Labute approximate surface area is 189 Å². The van der Waals surface area contributed by atoms with Crippen molar-refractivity contribution < 1.29 is 19.5 Å². The Balaban J connectivity index is 2.42. The fraction of sp³-hybridized carbons (Fsp3) is 0.125. The lowest BCUT2D eigenvalue weighted by Crippen LogP contribution is -2.36. The summed E-state index contributed by atoms with van der Waals surface area (Å²) in [5, 5.41) is 40.4. The van der Waals surface area contributed by atoms with Crippen molar-refractivity contribution in [3.05, 3.63) is 43.5 Å². The second-order valence-electron chi connectivity index (χ2n) is 5.06. The van der Waals surface area contributed by atoms with E-state index in [1.165, 1.54) is 14.2 Å². The van der Waals surface area contributed by atoms with Gasteiger partial charge in [-0.15, -0.1) is 15.3 Å². The second kappa shape index (κ2) is 10.6. The van der Waals surface area contributed by atoms with Gasteiger partial charge in [0.25, 0.3) is 5.84 Å². The zero-order chi connectivity index (χ0) is 20.7. The Bertz CT molecular complexity index is 949. The molecule has 28 heavy (non-hydrogen) atoms. The molecule has 0 saturated heterocycles. The highest BCUT2D eigenvalue weighted by molar-refractivity contribution is 14.1. The highest BCUT2D eigenvalue weighted by Crippen LogP contribution is 2.31. The van der Waals surface area contributed by atoms with E-state index in [2.05, 4.69) is 60.5 Å². The maximum atomic E-state index is 9.71. The first-order valence-corrected chi connectivity index (χ1v) is 9.78. The van der Waals surface area contributed by atoms with Crippen LogP contribution in [0.25, 0.3) is 0 Å². The lowest BCUT2D eigenvalue weighted by Gasteiger charge is -2.20. The molecule has 0 aromatic heterocycles. The van der Waals surface area contributed by atoms with Gasteiger partial charge >= 0.3 is 7.25 Å². The van der Waals surface area contributed by atoms with Crippen LogP contribution in [0.4, 0.5) is 11.4 Å². The molecular formula is C16H14BI2N5O4. The van der Waals surface area contributed by atoms with E-state index in [0.29, 0.717) is 17.2 Å². The number of anilines is 1. The highest BCUT2D eigenvalue weighted by atomic mass is 127. The van der Waals surface area contributed by atoms with E-state index >= 15 is 0 Å². The Hall–Kier alpha value is -1.96. The van der Waals surface area contributed by atoms with Gasteiger partial charge in [-0.3, -0.25) is 0 Å². The number of hydrogen-bond acceptors (Lipinski definition) is 8. The van der Waals surface area contributed by atoms with Gasteiger partial charge in [-0.25, -0.2) is 4.92 Å². The topological polar surface area (TPSA) is 123 Å². The van der Waals surface area contributed by atoms with Crippen LogP contribution in [-0.4, -0.2) is 37.4 Å². The third-order valence-corrected chi connectivity index (χ3v) is 4.65. The number of methoxy groups -OCH3 is 2. The van der Waals surface area contributed by atoms with Gasteiger partial charge in [0.1, 0.15) is 23.3 Å². The molecule has 144 valence electrons. The molecule has 0 heterocycles. The number of amidine groups is 1. The summed E-state index contributed by atoms with van der Waals surface area (Å²) in [5.74, 6) is 0.429. The van der Waals surface area contributed by atoms with E-state index in [0.717, 1.165) is 12.1 Å². The molecule has 2 rings (SSSR count). The molecule has 0 amide bonds. The second-order valence-corrected chi connectivity index (χ2v) is 7.55. The summed E-state index contributed by atoms with van der Waals surface area (Å²) in [6, 6.07) is 12.0. The van der Waals surface area contributed by atoms with E-state index < -0.39 is 13.1 Å². The molecule has 0 aliphatic rings. The quantitative estimate of drug-likeness (QED) is 0.130. The van der Waals surface area contributed by atoms with Crippen molar-refractivity contribution in [1.29, 1.82) is 5.26 Å². The summed E-state index contributed by atoms with van der Waals surface area (Å²) < 4.78 is 12.3. The summed E-state index contributed by atoms with van der Waals surface area (Å²) in [4.78, 5) is 0.803. The first kappa shape index (κ1) is 22.3. The van der Waals surface area contributed by atoms with Gasteiger partial charge in [0.15, 0.2) is 0 Å². The first-order valence-electron chi connectivity index (χ1n) is 7.62. The number of halogens is 2. The van der Waals surface area contributed by atoms with E-state index in [1.807, 2.05) is 0 Å².